The second kappa shape index (κ2) is 19.4. The number of unbranched alkanes of at least 4 members (excludes halogenated alkanes) is 14. The monoisotopic (exact) mass is 536 g/mol. The Bertz CT molecular complexity index is 917. The highest BCUT2D eigenvalue weighted by Crippen LogP contribution is 2.46. The van der Waals surface area contributed by atoms with Gasteiger partial charge in [0.05, 0.1) is 13.2 Å². The average Bonchev–Trinajstić information content (AvgIpc) is 2.96. The molecule has 0 heterocycles. The van der Waals surface area contributed by atoms with E-state index in [1.165, 1.54) is 143 Å². The Morgan fingerprint density at radius 2 is 1.03 bits per heavy atom. The van der Waals surface area contributed by atoms with Crippen LogP contribution in [0.3, 0.4) is 0 Å². The average molecular weight is 537 g/mol. The first-order valence-electron chi connectivity index (χ1n) is 17.1. The highest BCUT2D eigenvalue weighted by Gasteiger charge is 2.28. The molecule has 0 radical (unpaired) electrons. The van der Waals surface area contributed by atoms with Gasteiger partial charge < -0.3 is 9.47 Å². The van der Waals surface area contributed by atoms with E-state index in [4.69, 9.17) is 9.47 Å². The van der Waals surface area contributed by atoms with Crippen molar-refractivity contribution in [3.05, 3.63) is 35.4 Å². The highest BCUT2D eigenvalue weighted by atomic mass is 16.5. The van der Waals surface area contributed by atoms with Crippen molar-refractivity contribution < 1.29 is 9.47 Å². The zero-order chi connectivity index (χ0) is 27.5. The molecule has 0 amide bonds. The van der Waals surface area contributed by atoms with Crippen molar-refractivity contribution in [1.82, 2.24) is 0 Å². The van der Waals surface area contributed by atoms with E-state index < -0.39 is 0 Å². The molecule has 3 rings (SSSR count). The molecular weight excluding hydrogens is 476 g/mol. The van der Waals surface area contributed by atoms with E-state index in [-0.39, 0.29) is 0 Å². The second-order valence-electron chi connectivity index (χ2n) is 12.2. The molecule has 2 heteroatoms. The van der Waals surface area contributed by atoms with Crippen molar-refractivity contribution >= 4 is 10.8 Å². The van der Waals surface area contributed by atoms with Gasteiger partial charge in [-0.05, 0) is 38.0 Å². The first-order chi connectivity index (χ1) is 19.3. The third-order valence-corrected chi connectivity index (χ3v) is 8.83. The second-order valence-corrected chi connectivity index (χ2v) is 12.2. The molecule has 0 aromatic heterocycles. The quantitative estimate of drug-likeness (QED) is 0.139. The molecule has 0 spiro atoms. The highest BCUT2D eigenvalue weighted by molar-refractivity contribution is 5.96. The lowest BCUT2D eigenvalue weighted by molar-refractivity contribution is 0.288. The molecular formula is C37H60O2. The Morgan fingerprint density at radius 1 is 0.564 bits per heavy atom. The summed E-state index contributed by atoms with van der Waals surface area (Å²) in [6, 6.07) is 8.89. The molecule has 220 valence electrons. The normalized spacial score (nSPS) is 15.0. The van der Waals surface area contributed by atoms with Gasteiger partial charge in [0.15, 0.2) is 0 Å². The maximum absolute atomic E-state index is 6.71. The molecule has 2 aromatic rings. The predicted octanol–water partition coefficient (Wildman–Crippen LogP) is 11.8. The number of rotatable bonds is 22. The van der Waals surface area contributed by atoms with Crippen molar-refractivity contribution in [3.8, 4) is 11.5 Å². The van der Waals surface area contributed by atoms with Crippen LogP contribution < -0.4 is 9.47 Å². The van der Waals surface area contributed by atoms with Gasteiger partial charge in [0.25, 0.3) is 0 Å². The minimum atomic E-state index is 0.780. The lowest BCUT2D eigenvalue weighted by atomic mass is 9.79. The summed E-state index contributed by atoms with van der Waals surface area (Å²) in [5.74, 6) is 3.12. The number of ether oxygens (including phenoxy) is 2. The molecule has 1 aliphatic carbocycles. The molecule has 0 saturated heterocycles. The van der Waals surface area contributed by atoms with E-state index in [9.17, 15) is 0 Å². The minimum absolute atomic E-state index is 0.780. The topological polar surface area (TPSA) is 18.5 Å². The fraction of sp³-hybridized carbons (Fsp3) is 0.730. The first-order valence-corrected chi connectivity index (χ1v) is 17.1. The molecule has 1 aliphatic rings. The third kappa shape index (κ3) is 10.7. The maximum atomic E-state index is 6.71. The number of fused-ring (bicyclic) bond motifs is 2. The van der Waals surface area contributed by atoms with Crippen LogP contribution in [0.5, 0.6) is 11.5 Å². The molecule has 1 atom stereocenters. The smallest absolute Gasteiger partial charge is 0.130 e. The predicted molar refractivity (Wildman–Crippen MR) is 171 cm³/mol. The molecule has 2 nitrogen and oxygen atoms in total. The van der Waals surface area contributed by atoms with Crippen LogP contribution in [0.25, 0.3) is 10.8 Å². The molecule has 0 fully saturated rings. The van der Waals surface area contributed by atoms with E-state index in [0.717, 1.165) is 44.8 Å². The third-order valence-electron chi connectivity index (χ3n) is 8.83. The summed E-state index contributed by atoms with van der Waals surface area (Å²) >= 11 is 0. The Balaban J connectivity index is 1.71. The van der Waals surface area contributed by atoms with Crippen LogP contribution in [-0.2, 0) is 12.8 Å². The summed E-state index contributed by atoms with van der Waals surface area (Å²) in [5, 5.41) is 2.53. The molecule has 2 aromatic carbocycles. The van der Waals surface area contributed by atoms with Crippen molar-refractivity contribution in [3.63, 3.8) is 0 Å². The van der Waals surface area contributed by atoms with Gasteiger partial charge in [-0.1, -0.05) is 148 Å². The zero-order valence-electron chi connectivity index (χ0n) is 26.0. The summed E-state index contributed by atoms with van der Waals surface area (Å²) in [6.45, 7) is 8.56. The van der Waals surface area contributed by atoms with E-state index in [2.05, 4.69) is 45.0 Å². The van der Waals surface area contributed by atoms with E-state index in [0.29, 0.717) is 0 Å². The molecule has 1 unspecified atom stereocenters. The number of hydrogen-bond acceptors (Lipinski definition) is 2. The van der Waals surface area contributed by atoms with Crippen molar-refractivity contribution in [2.75, 3.05) is 13.2 Å². The van der Waals surface area contributed by atoms with Gasteiger partial charge in [-0.3, -0.25) is 0 Å². The van der Waals surface area contributed by atoms with Gasteiger partial charge in [0.2, 0.25) is 0 Å². The van der Waals surface area contributed by atoms with Crippen molar-refractivity contribution in [2.45, 2.75) is 156 Å². The number of benzene rings is 2. The van der Waals surface area contributed by atoms with Crippen LogP contribution >= 0.6 is 0 Å². The first kappa shape index (κ1) is 31.8. The molecule has 0 bridgehead atoms. The summed E-state index contributed by atoms with van der Waals surface area (Å²) in [4.78, 5) is 0. The van der Waals surface area contributed by atoms with Crippen molar-refractivity contribution in [2.24, 2.45) is 5.92 Å². The molecule has 0 aliphatic heterocycles. The summed E-state index contributed by atoms with van der Waals surface area (Å²) in [7, 11) is 0. The van der Waals surface area contributed by atoms with Gasteiger partial charge in [-0.15, -0.1) is 0 Å². The Kier molecular flexibility index (Phi) is 15.8. The van der Waals surface area contributed by atoms with Gasteiger partial charge >= 0.3 is 0 Å². The van der Waals surface area contributed by atoms with Crippen LogP contribution in [0.1, 0.15) is 154 Å². The van der Waals surface area contributed by atoms with Crippen LogP contribution in [0.15, 0.2) is 24.3 Å². The van der Waals surface area contributed by atoms with Crippen LogP contribution in [0.2, 0.25) is 0 Å². The Morgan fingerprint density at radius 3 is 1.56 bits per heavy atom. The zero-order valence-corrected chi connectivity index (χ0v) is 26.0. The molecule has 39 heavy (non-hydrogen) atoms. The van der Waals surface area contributed by atoms with E-state index >= 15 is 0 Å². The summed E-state index contributed by atoms with van der Waals surface area (Å²) in [5.41, 5.74) is 2.93. The minimum Gasteiger partial charge on any atom is -0.493 e. The van der Waals surface area contributed by atoms with Gasteiger partial charge in [-0.2, -0.15) is 0 Å². The van der Waals surface area contributed by atoms with E-state index in [1.54, 1.807) is 0 Å². The van der Waals surface area contributed by atoms with Crippen LogP contribution in [-0.4, -0.2) is 13.2 Å². The van der Waals surface area contributed by atoms with Crippen LogP contribution in [0.4, 0.5) is 0 Å². The maximum Gasteiger partial charge on any atom is 0.130 e. The Labute approximate surface area is 241 Å². The molecule has 0 saturated carbocycles. The fourth-order valence-electron chi connectivity index (χ4n) is 6.42. The van der Waals surface area contributed by atoms with Gasteiger partial charge in [0, 0.05) is 21.9 Å². The lowest BCUT2D eigenvalue weighted by Gasteiger charge is -2.30. The standard InChI is InChI=1S/C37H60O2/c1-4-7-10-12-14-16-21-28-38-36-32-24-19-20-25-33(32)37(39-29-22-17-15-13-11-8-5-2)35-30-31(23-18-9-6-3)26-27-34(35)36/h19-20,24-25,31H,4-18,21-23,26-30H2,1-3H3. The van der Waals surface area contributed by atoms with E-state index in [1.807, 2.05) is 0 Å². The largest absolute Gasteiger partial charge is 0.493 e. The van der Waals surface area contributed by atoms with Gasteiger partial charge in [-0.25, -0.2) is 0 Å². The Hall–Kier alpha value is -1.70. The van der Waals surface area contributed by atoms with Crippen LogP contribution in [0, 0.1) is 5.92 Å². The lowest BCUT2D eigenvalue weighted by Crippen LogP contribution is -2.18. The number of hydrogen-bond donors (Lipinski definition) is 0. The molecule has 0 N–H and O–H groups in total. The SMILES string of the molecule is CCCCCCCCCOc1c2c(c(OCCCCCCCCC)c3ccccc13)CC(CCCCC)CC2. The van der Waals surface area contributed by atoms with Gasteiger partial charge in [0.1, 0.15) is 11.5 Å². The summed E-state index contributed by atoms with van der Waals surface area (Å²) < 4.78 is 13.4. The fourth-order valence-corrected chi connectivity index (χ4v) is 6.42. The van der Waals surface area contributed by atoms with Crippen molar-refractivity contribution in [1.29, 1.82) is 0 Å². The summed E-state index contributed by atoms with van der Waals surface area (Å²) in [6.07, 6.45) is 27.4.